The lowest BCUT2D eigenvalue weighted by Gasteiger charge is -2.08. The van der Waals surface area contributed by atoms with Crippen molar-refractivity contribution in [3.05, 3.63) is 23.8 Å². The molecule has 0 fully saturated rings. The number of nitrogen functional groups attached to an aromatic ring is 1. The van der Waals surface area contributed by atoms with Crippen LogP contribution in [0.3, 0.4) is 0 Å². The van der Waals surface area contributed by atoms with Crippen LogP contribution < -0.4 is 15.8 Å². The van der Waals surface area contributed by atoms with E-state index in [0.29, 0.717) is 6.61 Å². The van der Waals surface area contributed by atoms with Crippen LogP contribution in [0.4, 0.5) is 5.69 Å². The topological polar surface area (TPSA) is 47.3 Å². The van der Waals surface area contributed by atoms with E-state index in [2.05, 4.69) is 18.3 Å². The molecule has 0 radical (unpaired) electrons. The largest absolute Gasteiger partial charge is 0.492 e. The van der Waals surface area contributed by atoms with Gasteiger partial charge in [0.25, 0.3) is 0 Å². The van der Waals surface area contributed by atoms with Crippen molar-refractivity contribution in [3.63, 3.8) is 0 Å². The van der Waals surface area contributed by atoms with Gasteiger partial charge in [-0.2, -0.15) is 0 Å². The number of anilines is 1. The summed E-state index contributed by atoms with van der Waals surface area (Å²) in [6.45, 7) is 6.71. The molecule has 3 nitrogen and oxygen atoms in total. The fourth-order valence-electron chi connectivity index (χ4n) is 1.45. The zero-order valence-corrected chi connectivity index (χ0v) is 9.55. The first-order chi connectivity index (χ1) is 7.27. The van der Waals surface area contributed by atoms with E-state index >= 15 is 0 Å². The first-order valence-corrected chi connectivity index (χ1v) is 5.49. The molecule has 0 aliphatic rings. The van der Waals surface area contributed by atoms with Crippen molar-refractivity contribution < 1.29 is 4.74 Å². The van der Waals surface area contributed by atoms with Gasteiger partial charge in [0.15, 0.2) is 0 Å². The summed E-state index contributed by atoms with van der Waals surface area (Å²) in [6, 6.07) is 6.00. The standard InChI is InChI=1S/C12H20N2O/c1-3-14-8-7-10-5-6-12(15-4-2)11(13)9-10/h5-6,9,14H,3-4,7-8,13H2,1-2H3. The van der Waals surface area contributed by atoms with Crippen molar-refractivity contribution in [1.82, 2.24) is 5.32 Å². The average molecular weight is 208 g/mol. The Morgan fingerprint density at radius 1 is 1.33 bits per heavy atom. The lowest BCUT2D eigenvalue weighted by atomic mass is 10.1. The lowest BCUT2D eigenvalue weighted by Crippen LogP contribution is -2.16. The summed E-state index contributed by atoms with van der Waals surface area (Å²) < 4.78 is 5.38. The number of rotatable bonds is 6. The number of benzene rings is 1. The minimum absolute atomic E-state index is 0.654. The van der Waals surface area contributed by atoms with Crippen LogP contribution in [-0.4, -0.2) is 19.7 Å². The Morgan fingerprint density at radius 3 is 2.73 bits per heavy atom. The Labute approximate surface area is 91.6 Å². The van der Waals surface area contributed by atoms with Gasteiger partial charge in [-0.15, -0.1) is 0 Å². The van der Waals surface area contributed by atoms with Gasteiger partial charge in [-0.05, 0) is 44.1 Å². The third-order valence-electron chi connectivity index (χ3n) is 2.21. The van der Waals surface area contributed by atoms with Gasteiger partial charge in [0.05, 0.1) is 12.3 Å². The van der Waals surface area contributed by atoms with Crippen molar-refractivity contribution >= 4 is 5.69 Å². The minimum atomic E-state index is 0.654. The maximum atomic E-state index is 5.87. The second kappa shape index (κ2) is 6.30. The number of hydrogen-bond donors (Lipinski definition) is 2. The zero-order chi connectivity index (χ0) is 11.1. The van der Waals surface area contributed by atoms with Crippen LogP contribution >= 0.6 is 0 Å². The molecule has 3 N–H and O–H groups in total. The van der Waals surface area contributed by atoms with Crippen molar-refractivity contribution in [3.8, 4) is 5.75 Å². The summed E-state index contributed by atoms with van der Waals surface area (Å²) in [6.07, 6.45) is 1.00. The molecule has 1 rings (SSSR count). The highest BCUT2D eigenvalue weighted by Crippen LogP contribution is 2.22. The number of hydrogen-bond acceptors (Lipinski definition) is 3. The van der Waals surface area contributed by atoms with Gasteiger partial charge in [0, 0.05) is 0 Å². The van der Waals surface area contributed by atoms with Crippen LogP contribution in [-0.2, 0) is 6.42 Å². The van der Waals surface area contributed by atoms with Crippen LogP contribution in [0.1, 0.15) is 19.4 Å². The van der Waals surface area contributed by atoms with Crippen LogP contribution in [0.15, 0.2) is 18.2 Å². The monoisotopic (exact) mass is 208 g/mol. The Hall–Kier alpha value is -1.22. The van der Waals surface area contributed by atoms with E-state index in [-0.39, 0.29) is 0 Å². The molecule has 0 amide bonds. The molecule has 0 heterocycles. The molecule has 0 unspecified atom stereocenters. The quantitative estimate of drug-likeness (QED) is 0.554. The Balaban J connectivity index is 2.56. The van der Waals surface area contributed by atoms with Crippen LogP contribution in [0, 0.1) is 0 Å². The molecular formula is C12H20N2O. The molecule has 0 spiro atoms. The lowest BCUT2D eigenvalue weighted by molar-refractivity contribution is 0.342. The molecule has 0 aliphatic heterocycles. The van der Waals surface area contributed by atoms with Crippen molar-refractivity contribution in [1.29, 1.82) is 0 Å². The second-order valence-corrected chi connectivity index (χ2v) is 3.41. The molecular weight excluding hydrogens is 188 g/mol. The van der Waals surface area contributed by atoms with E-state index in [9.17, 15) is 0 Å². The van der Waals surface area contributed by atoms with E-state index in [4.69, 9.17) is 10.5 Å². The fraction of sp³-hybridized carbons (Fsp3) is 0.500. The third-order valence-corrected chi connectivity index (χ3v) is 2.21. The number of nitrogens with two attached hydrogens (primary N) is 1. The Kier molecular flexibility index (Phi) is 4.98. The smallest absolute Gasteiger partial charge is 0.142 e. The highest BCUT2D eigenvalue weighted by molar-refractivity contribution is 5.54. The predicted molar refractivity (Wildman–Crippen MR) is 64.3 cm³/mol. The van der Waals surface area contributed by atoms with Gasteiger partial charge >= 0.3 is 0 Å². The van der Waals surface area contributed by atoms with Crippen molar-refractivity contribution in [2.45, 2.75) is 20.3 Å². The summed E-state index contributed by atoms with van der Waals surface area (Å²) in [7, 11) is 0. The maximum Gasteiger partial charge on any atom is 0.142 e. The maximum absolute atomic E-state index is 5.87. The number of likely N-dealkylation sites (N-methyl/N-ethyl adjacent to an activating group) is 1. The van der Waals surface area contributed by atoms with Gasteiger partial charge in [0.1, 0.15) is 5.75 Å². The summed E-state index contributed by atoms with van der Waals surface area (Å²) in [5, 5.41) is 3.28. The van der Waals surface area contributed by atoms with E-state index < -0.39 is 0 Å². The fourth-order valence-corrected chi connectivity index (χ4v) is 1.45. The molecule has 0 aromatic heterocycles. The zero-order valence-electron chi connectivity index (χ0n) is 9.55. The average Bonchev–Trinajstić information content (AvgIpc) is 2.23. The number of ether oxygens (including phenoxy) is 1. The summed E-state index contributed by atoms with van der Waals surface area (Å²) in [5.74, 6) is 0.782. The van der Waals surface area contributed by atoms with Gasteiger partial charge in [-0.1, -0.05) is 13.0 Å². The molecule has 3 heteroatoms. The predicted octanol–water partition coefficient (Wildman–Crippen LogP) is 1.82. The molecule has 84 valence electrons. The second-order valence-electron chi connectivity index (χ2n) is 3.41. The van der Waals surface area contributed by atoms with Crippen LogP contribution in [0.2, 0.25) is 0 Å². The third kappa shape index (κ3) is 3.80. The normalized spacial score (nSPS) is 10.3. The van der Waals surface area contributed by atoms with E-state index in [1.807, 2.05) is 19.1 Å². The number of nitrogens with one attached hydrogen (secondary N) is 1. The molecule has 0 atom stereocenters. The minimum Gasteiger partial charge on any atom is -0.492 e. The highest BCUT2D eigenvalue weighted by Gasteiger charge is 2.00. The molecule has 1 aromatic rings. The summed E-state index contributed by atoms with van der Waals surface area (Å²) >= 11 is 0. The Bertz CT molecular complexity index is 300. The van der Waals surface area contributed by atoms with Crippen LogP contribution in [0.5, 0.6) is 5.75 Å². The van der Waals surface area contributed by atoms with E-state index in [1.165, 1.54) is 5.56 Å². The van der Waals surface area contributed by atoms with Crippen molar-refractivity contribution in [2.75, 3.05) is 25.4 Å². The van der Waals surface area contributed by atoms with Gasteiger partial charge in [-0.25, -0.2) is 0 Å². The van der Waals surface area contributed by atoms with E-state index in [1.54, 1.807) is 0 Å². The molecule has 0 saturated heterocycles. The molecule has 1 aromatic carbocycles. The van der Waals surface area contributed by atoms with Gasteiger partial charge in [-0.3, -0.25) is 0 Å². The molecule has 15 heavy (non-hydrogen) atoms. The van der Waals surface area contributed by atoms with Gasteiger partial charge < -0.3 is 15.8 Å². The summed E-state index contributed by atoms with van der Waals surface area (Å²) in [5.41, 5.74) is 7.84. The SMILES string of the molecule is CCNCCc1ccc(OCC)c(N)c1. The van der Waals surface area contributed by atoms with E-state index in [0.717, 1.165) is 30.9 Å². The first kappa shape index (κ1) is 11.9. The first-order valence-electron chi connectivity index (χ1n) is 5.49. The van der Waals surface area contributed by atoms with Gasteiger partial charge in [0.2, 0.25) is 0 Å². The molecule has 0 saturated carbocycles. The molecule has 0 aliphatic carbocycles. The Morgan fingerprint density at radius 2 is 2.13 bits per heavy atom. The summed E-state index contributed by atoms with van der Waals surface area (Å²) in [4.78, 5) is 0. The molecule has 0 bridgehead atoms. The highest BCUT2D eigenvalue weighted by atomic mass is 16.5. The van der Waals surface area contributed by atoms with Crippen LogP contribution in [0.25, 0.3) is 0 Å². The van der Waals surface area contributed by atoms with Crippen molar-refractivity contribution in [2.24, 2.45) is 0 Å².